The molecule has 3 nitrogen and oxygen atoms in total. The van der Waals surface area contributed by atoms with Crippen molar-refractivity contribution < 1.29 is 0 Å². The average Bonchev–Trinajstić information content (AvgIpc) is 3.14. The third-order valence-corrected chi connectivity index (χ3v) is 5.28. The van der Waals surface area contributed by atoms with Crippen molar-refractivity contribution >= 4 is 0 Å². The van der Waals surface area contributed by atoms with Crippen LogP contribution in [0, 0.1) is 0 Å². The normalized spacial score (nSPS) is 40.0. The molecule has 2 unspecified atom stereocenters. The van der Waals surface area contributed by atoms with Crippen LogP contribution in [0.15, 0.2) is 0 Å². The number of rotatable bonds is 3. The van der Waals surface area contributed by atoms with Crippen molar-refractivity contribution in [1.29, 1.82) is 0 Å². The van der Waals surface area contributed by atoms with Crippen molar-refractivity contribution in [1.82, 2.24) is 15.1 Å². The van der Waals surface area contributed by atoms with Crippen LogP contribution in [0.2, 0.25) is 0 Å². The first-order valence-electron chi connectivity index (χ1n) is 7.93. The fourth-order valence-corrected chi connectivity index (χ4v) is 3.64. The average molecular weight is 251 g/mol. The molecule has 18 heavy (non-hydrogen) atoms. The summed E-state index contributed by atoms with van der Waals surface area (Å²) in [6.07, 6.45) is 6.87. The van der Waals surface area contributed by atoms with Gasteiger partial charge < -0.3 is 5.32 Å². The standard InChI is InChI=1S/C15H29N3/c1-3-15(2)12-18(9-4-8-16-15)14-7-10-17(11-14)13-5-6-13/h13-14,16H,3-12H2,1-2H3. The first-order valence-corrected chi connectivity index (χ1v) is 7.93. The highest BCUT2D eigenvalue weighted by Crippen LogP contribution is 2.31. The minimum Gasteiger partial charge on any atom is -0.310 e. The molecule has 0 bridgehead atoms. The zero-order chi connectivity index (χ0) is 12.6. The molecule has 3 rings (SSSR count). The molecule has 1 aliphatic carbocycles. The van der Waals surface area contributed by atoms with Crippen molar-refractivity contribution in [3.8, 4) is 0 Å². The Morgan fingerprint density at radius 3 is 2.67 bits per heavy atom. The molecule has 2 aliphatic heterocycles. The van der Waals surface area contributed by atoms with Crippen LogP contribution >= 0.6 is 0 Å². The van der Waals surface area contributed by atoms with Crippen LogP contribution in [0.4, 0.5) is 0 Å². The van der Waals surface area contributed by atoms with Gasteiger partial charge in [0.05, 0.1) is 0 Å². The fourth-order valence-electron chi connectivity index (χ4n) is 3.64. The largest absolute Gasteiger partial charge is 0.310 e. The molecule has 0 amide bonds. The van der Waals surface area contributed by atoms with Gasteiger partial charge in [0.1, 0.15) is 0 Å². The van der Waals surface area contributed by atoms with Crippen molar-refractivity contribution in [2.45, 2.75) is 63.6 Å². The van der Waals surface area contributed by atoms with E-state index in [4.69, 9.17) is 0 Å². The van der Waals surface area contributed by atoms with E-state index in [1.54, 1.807) is 0 Å². The molecule has 1 N–H and O–H groups in total. The SMILES string of the molecule is CCC1(C)CN(C2CCN(C3CC3)C2)CCCN1. The Hall–Kier alpha value is -0.120. The van der Waals surface area contributed by atoms with E-state index in [9.17, 15) is 0 Å². The molecular formula is C15H29N3. The second-order valence-corrected chi connectivity index (χ2v) is 6.83. The van der Waals surface area contributed by atoms with Crippen molar-refractivity contribution in [2.24, 2.45) is 0 Å². The smallest absolute Gasteiger partial charge is 0.0277 e. The lowest BCUT2D eigenvalue weighted by Crippen LogP contribution is -2.51. The summed E-state index contributed by atoms with van der Waals surface area (Å²) in [5.74, 6) is 0. The second-order valence-electron chi connectivity index (χ2n) is 6.83. The molecule has 0 aromatic rings. The van der Waals surface area contributed by atoms with Gasteiger partial charge in [0.25, 0.3) is 0 Å². The molecule has 2 saturated heterocycles. The zero-order valence-electron chi connectivity index (χ0n) is 12.1. The number of nitrogens with zero attached hydrogens (tertiary/aromatic N) is 2. The van der Waals surface area contributed by atoms with E-state index in [1.807, 2.05) is 0 Å². The highest BCUT2D eigenvalue weighted by Gasteiger charge is 2.38. The molecule has 0 aromatic heterocycles. The molecule has 3 aliphatic rings. The minimum atomic E-state index is 0.337. The molecule has 0 radical (unpaired) electrons. The van der Waals surface area contributed by atoms with Gasteiger partial charge >= 0.3 is 0 Å². The van der Waals surface area contributed by atoms with E-state index in [0.29, 0.717) is 5.54 Å². The highest BCUT2D eigenvalue weighted by atomic mass is 15.3. The number of hydrogen-bond acceptors (Lipinski definition) is 3. The summed E-state index contributed by atoms with van der Waals surface area (Å²) in [6, 6.07) is 1.79. The van der Waals surface area contributed by atoms with Gasteiger partial charge in [-0.15, -0.1) is 0 Å². The van der Waals surface area contributed by atoms with Gasteiger partial charge in [-0.3, -0.25) is 9.80 Å². The Kier molecular flexibility index (Phi) is 3.65. The van der Waals surface area contributed by atoms with Gasteiger partial charge in [-0.25, -0.2) is 0 Å². The topological polar surface area (TPSA) is 18.5 Å². The quantitative estimate of drug-likeness (QED) is 0.823. The Balaban J connectivity index is 1.60. The van der Waals surface area contributed by atoms with E-state index in [-0.39, 0.29) is 0 Å². The predicted octanol–water partition coefficient (Wildman–Crippen LogP) is 1.69. The van der Waals surface area contributed by atoms with E-state index in [0.717, 1.165) is 12.1 Å². The van der Waals surface area contributed by atoms with Gasteiger partial charge in [0.2, 0.25) is 0 Å². The number of hydrogen-bond donors (Lipinski definition) is 1. The van der Waals surface area contributed by atoms with Gasteiger partial charge in [-0.1, -0.05) is 6.92 Å². The molecule has 2 heterocycles. The van der Waals surface area contributed by atoms with Gasteiger partial charge in [0, 0.05) is 37.3 Å². The monoisotopic (exact) mass is 251 g/mol. The molecule has 0 spiro atoms. The maximum absolute atomic E-state index is 3.75. The lowest BCUT2D eigenvalue weighted by molar-refractivity contribution is 0.157. The predicted molar refractivity (Wildman–Crippen MR) is 75.9 cm³/mol. The molecule has 104 valence electrons. The third-order valence-electron chi connectivity index (χ3n) is 5.28. The molecular weight excluding hydrogens is 222 g/mol. The highest BCUT2D eigenvalue weighted by molar-refractivity contribution is 4.96. The van der Waals surface area contributed by atoms with Crippen molar-refractivity contribution in [3.05, 3.63) is 0 Å². The van der Waals surface area contributed by atoms with Crippen LogP contribution in [0.1, 0.15) is 46.0 Å². The van der Waals surface area contributed by atoms with E-state index >= 15 is 0 Å². The first kappa shape index (κ1) is 12.9. The second kappa shape index (κ2) is 5.10. The Labute approximate surface area is 112 Å². The fraction of sp³-hybridized carbons (Fsp3) is 1.00. The van der Waals surface area contributed by atoms with E-state index in [1.165, 1.54) is 64.8 Å². The van der Waals surface area contributed by atoms with Gasteiger partial charge in [-0.2, -0.15) is 0 Å². The van der Waals surface area contributed by atoms with Crippen LogP contribution in [0.3, 0.4) is 0 Å². The molecule has 2 atom stereocenters. The van der Waals surface area contributed by atoms with E-state index < -0.39 is 0 Å². The van der Waals surface area contributed by atoms with Crippen LogP contribution in [-0.4, -0.2) is 60.1 Å². The number of nitrogens with one attached hydrogen (secondary N) is 1. The van der Waals surface area contributed by atoms with Crippen LogP contribution in [0.5, 0.6) is 0 Å². The Morgan fingerprint density at radius 2 is 1.94 bits per heavy atom. The summed E-state index contributed by atoms with van der Waals surface area (Å²) in [5.41, 5.74) is 0.337. The summed E-state index contributed by atoms with van der Waals surface area (Å²) in [4.78, 5) is 5.53. The van der Waals surface area contributed by atoms with Crippen molar-refractivity contribution in [2.75, 3.05) is 32.7 Å². The summed E-state index contributed by atoms with van der Waals surface area (Å²) in [5, 5.41) is 3.75. The molecule has 0 aromatic carbocycles. The van der Waals surface area contributed by atoms with Gasteiger partial charge in [-0.05, 0) is 52.1 Å². The maximum Gasteiger partial charge on any atom is 0.0277 e. The van der Waals surface area contributed by atoms with Crippen LogP contribution in [-0.2, 0) is 0 Å². The maximum atomic E-state index is 3.75. The molecule has 1 saturated carbocycles. The summed E-state index contributed by atoms with van der Waals surface area (Å²) in [7, 11) is 0. The Morgan fingerprint density at radius 1 is 1.11 bits per heavy atom. The summed E-state index contributed by atoms with van der Waals surface area (Å²) < 4.78 is 0. The summed E-state index contributed by atoms with van der Waals surface area (Å²) in [6.45, 7) is 11.1. The minimum absolute atomic E-state index is 0.337. The molecule has 3 fully saturated rings. The lowest BCUT2D eigenvalue weighted by Gasteiger charge is -2.36. The van der Waals surface area contributed by atoms with Crippen LogP contribution < -0.4 is 5.32 Å². The molecule has 3 heteroatoms. The lowest BCUT2D eigenvalue weighted by atomic mass is 9.98. The van der Waals surface area contributed by atoms with Gasteiger partial charge in [0.15, 0.2) is 0 Å². The van der Waals surface area contributed by atoms with Crippen LogP contribution in [0.25, 0.3) is 0 Å². The zero-order valence-corrected chi connectivity index (χ0v) is 12.1. The third kappa shape index (κ3) is 2.73. The number of likely N-dealkylation sites (tertiary alicyclic amines) is 1. The van der Waals surface area contributed by atoms with Crippen molar-refractivity contribution in [3.63, 3.8) is 0 Å². The summed E-state index contributed by atoms with van der Waals surface area (Å²) >= 11 is 0. The van der Waals surface area contributed by atoms with E-state index in [2.05, 4.69) is 29.0 Å². The first-order chi connectivity index (χ1) is 8.70. The Bertz CT molecular complexity index is 289.